The molecule has 5 heteroatoms. The van der Waals surface area contributed by atoms with Crippen molar-refractivity contribution in [3.63, 3.8) is 0 Å². The van der Waals surface area contributed by atoms with Crippen LogP contribution < -0.4 is 5.73 Å². The van der Waals surface area contributed by atoms with Crippen LogP contribution in [-0.4, -0.2) is 15.3 Å². The topological polar surface area (TPSA) is 60.9 Å². The zero-order valence-corrected chi connectivity index (χ0v) is 11.0. The highest BCUT2D eigenvalue weighted by Gasteiger charge is 2.20. The second-order valence-electron chi connectivity index (χ2n) is 4.47. The van der Waals surface area contributed by atoms with E-state index in [1.54, 1.807) is 23.9 Å². The van der Waals surface area contributed by atoms with Gasteiger partial charge in [0.1, 0.15) is 5.82 Å². The Kier molecular flexibility index (Phi) is 3.64. The van der Waals surface area contributed by atoms with Crippen molar-refractivity contribution < 1.29 is 9.18 Å². The minimum absolute atomic E-state index is 0.0268. The van der Waals surface area contributed by atoms with Crippen LogP contribution in [0.15, 0.2) is 24.5 Å². The van der Waals surface area contributed by atoms with Crippen LogP contribution in [0, 0.1) is 12.7 Å². The number of halogens is 1. The van der Waals surface area contributed by atoms with E-state index in [1.807, 2.05) is 6.92 Å². The molecule has 2 N–H and O–H groups in total. The number of nitrogens with zero attached hydrogens (tertiary/aromatic N) is 2. The van der Waals surface area contributed by atoms with Gasteiger partial charge in [-0.1, -0.05) is 6.92 Å². The van der Waals surface area contributed by atoms with Crippen LogP contribution in [0.25, 0.3) is 0 Å². The molecule has 1 heterocycles. The van der Waals surface area contributed by atoms with Gasteiger partial charge in [-0.3, -0.25) is 4.79 Å². The zero-order valence-electron chi connectivity index (χ0n) is 11.0. The summed E-state index contributed by atoms with van der Waals surface area (Å²) in [6, 6.07) is 2.86. The number of nitrogen functional groups attached to an aromatic ring is 1. The average Bonchev–Trinajstić information content (AvgIpc) is 2.81. The van der Waals surface area contributed by atoms with Crippen LogP contribution in [-0.2, 0) is 6.54 Å². The monoisotopic (exact) mass is 261 g/mol. The minimum Gasteiger partial charge on any atom is -0.399 e. The molecule has 0 unspecified atom stereocenters. The van der Waals surface area contributed by atoms with Gasteiger partial charge in [-0.2, -0.15) is 0 Å². The van der Waals surface area contributed by atoms with E-state index < -0.39 is 11.6 Å². The molecule has 100 valence electrons. The number of carbonyl (C=O) groups excluding carboxylic acids is 1. The van der Waals surface area contributed by atoms with Crippen molar-refractivity contribution in [1.29, 1.82) is 0 Å². The van der Waals surface area contributed by atoms with Gasteiger partial charge in [0, 0.05) is 24.6 Å². The van der Waals surface area contributed by atoms with Crippen LogP contribution in [0.4, 0.5) is 10.1 Å². The first-order chi connectivity index (χ1) is 9.04. The van der Waals surface area contributed by atoms with Gasteiger partial charge in [-0.15, -0.1) is 0 Å². The summed E-state index contributed by atoms with van der Waals surface area (Å²) in [7, 11) is 0. The van der Waals surface area contributed by atoms with Crippen molar-refractivity contribution in [2.75, 3.05) is 5.73 Å². The van der Waals surface area contributed by atoms with Gasteiger partial charge in [-0.05, 0) is 31.0 Å². The quantitative estimate of drug-likeness (QED) is 0.679. The molecule has 1 aromatic heterocycles. The van der Waals surface area contributed by atoms with Crippen LogP contribution in [0.1, 0.15) is 35.1 Å². The Balaban J connectivity index is 2.47. The third-order valence-corrected chi connectivity index (χ3v) is 2.90. The van der Waals surface area contributed by atoms with Crippen molar-refractivity contribution in [2.45, 2.75) is 26.8 Å². The van der Waals surface area contributed by atoms with Crippen molar-refractivity contribution in [3.05, 3.63) is 47.3 Å². The first kappa shape index (κ1) is 13.3. The highest BCUT2D eigenvalue weighted by atomic mass is 19.1. The van der Waals surface area contributed by atoms with Crippen LogP contribution in [0.2, 0.25) is 0 Å². The number of ketones is 1. The Labute approximate surface area is 111 Å². The largest absolute Gasteiger partial charge is 0.399 e. The highest BCUT2D eigenvalue weighted by Crippen LogP contribution is 2.20. The van der Waals surface area contributed by atoms with E-state index in [0.29, 0.717) is 17.8 Å². The SMILES string of the molecule is CCCn1ccnc1C(=O)c1cc(N)cc(C)c1F. The second kappa shape index (κ2) is 5.22. The van der Waals surface area contributed by atoms with Gasteiger partial charge in [-0.25, -0.2) is 9.37 Å². The summed E-state index contributed by atoms with van der Waals surface area (Å²) in [5.41, 5.74) is 6.37. The predicted molar refractivity (Wildman–Crippen MR) is 71.5 cm³/mol. The summed E-state index contributed by atoms with van der Waals surface area (Å²) < 4.78 is 15.8. The zero-order chi connectivity index (χ0) is 14.0. The standard InChI is InChI=1S/C14H16FN3O/c1-3-5-18-6-4-17-14(18)13(19)11-8-10(16)7-9(2)12(11)15/h4,6-8H,3,5,16H2,1-2H3. The number of aryl methyl sites for hydroxylation is 2. The molecule has 2 rings (SSSR count). The fourth-order valence-electron chi connectivity index (χ4n) is 2.02. The first-order valence-electron chi connectivity index (χ1n) is 6.16. The third-order valence-electron chi connectivity index (χ3n) is 2.90. The van der Waals surface area contributed by atoms with Gasteiger partial charge in [0.2, 0.25) is 5.78 Å². The van der Waals surface area contributed by atoms with E-state index in [9.17, 15) is 9.18 Å². The Morgan fingerprint density at radius 2 is 2.21 bits per heavy atom. The van der Waals surface area contributed by atoms with Crippen molar-refractivity contribution >= 4 is 11.5 Å². The summed E-state index contributed by atoms with van der Waals surface area (Å²) in [6.07, 6.45) is 4.13. The van der Waals surface area contributed by atoms with Crippen molar-refractivity contribution in [1.82, 2.24) is 9.55 Å². The summed E-state index contributed by atoms with van der Waals surface area (Å²) in [6.45, 7) is 4.25. The van der Waals surface area contributed by atoms with E-state index in [4.69, 9.17) is 5.73 Å². The molecule has 19 heavy (non-hydrogen) atoms. The molecule has 0 saturated heterocycles. The molecular formula is C14H16FN3O. The Morgan fingerprint density at radius 3 is 2.89 bits per heavy atom. The number of benzene rings is 1. The molecular weight excluding hydrogens is 245 g/mol. The normalized spacial score (nSPS) is 10.7. The first-order valence-corrected chi connectivity index (χ1v) is 6.16. The van der Waals surface area contributed by atoms with Crippen molar-refractivity contribution in [2.24, 2.45) is 0 Å². The van der Waals surface area contributed by atoms with E-state index in [1.165, 1.54) is 12.1 Å². The molecule has 0 saturated carbocycles. The van der Waals surface area contributed by atoms with Gasteiger partial charge in [0.05, 0.1) is 5.56 Å². The molecule has 0 fully saturated rings. The third kappa shape index (κ3) is 2.50. The number of rotatable bonds is 4. The molecule has 0 radical (unpaired) electrons. The molecule has 0 aliphatic carbocycles. The number of nitrogens with two attached hydrogens (primary N) is 1. The van der Waals surface area contributed by atoms with Gasteiger partial charge in [0.25, 0.3) is 0 Å². The molecule has 0 amide bonds. The number of anilines is 1. The molecule has 0 atom stereocenters. The van der Waals surface area contributed by atoms with E-state index in [-0.39, 0.29) is 11.4 Å². The maximum Gasteiger partial charge on any atom is 0.231 e. The summed E-state index contributed by atoms with van der Waals surface area (Å²) in [5, 5.41) is 0. The molecule has 0 aliphatic rings. The maximum atomic E-state index is 14.0. The maximum absolute atomic E-state index is 14.0. The smallest absolute Gasteiger partial charge is 0.231 e. The molecule has 1 aromatic carbocycles. The molecule has 2 aromatic rings. The number of hydrogen-bond donors (Lipinski definition) is 1. The summed E-state index contributed by atoms with van der Waals surface area (Å²) in [5.74, 6) is -0.734. The molecule has 4 nitrogen and oxygen atoms in total. The highest BCUT2D eigenvalue weighted by molar-refractivity contribution is 6.07. The molecule has 0 spiro atoms. The lowest BCUT2D eigenvalue weighted by Crippen LogP contribution is -2.13. The van der Waals surface area contributed by atoms with E-state index in [2.05, 4.69) is 4.98 Å². The minimum atomic E-state index is -0.537. The number of imidazole rings is 1. The molecule has 0 aliphatic heterocycles. The van der Waals surface area contributed by atoms with E-state index in [0.717, 1.165) is 6.42 Å². The summed E-state index contributed by atoms with van der Waals surface area (Å²) >= 11 is 0. The predicted octanol–water partition coefficient (Wildman–Crippen LogP) is 2.55. The summed E-state index contributed by atoms with van der Waals surface area (Å²) in [4.78, 5) is 16.4. The fourth-order valence-corrected chi connectivity index (χ4v) is 2.02. The number of carbonyl (C=O) groups is 1. The van der Waals surface area contributed by atoms with Gasteiger partial charge in [0.15, 0.2) is 5.82 Å². The Morgan fingerprint density at radius 1 is 1.47 bits per heavy atom. The lowest BCUT2D eigenvalue weighted by Gasteiger charge is -2.08. The average molecular weight is 261 g/mol. The van der Waals surface area contributed by atoms with Crippen LogP contribution >= 0.6 is 0 Å². The van der Waals surface area contributed by atoms with Gasteiger partial charge < -0.3 is 10.3 Å². The molecule has 0 bridgehead atoms. The second-order valence-corrected chi connectivity index (χ2v) is 4.47. The lowest BCUT2D eigenvalue weighted by atomic mass is 10.0. The van der Waals surface area contributed by atoms with Gasteiger partial charge >= 0.3 is 0 Å². The lowest BCUT2D eigenvalue weighted by molar-refractivity contribution is 0.102. The van der Waals surface area contributed by atoms with Crippen LogP contribution in [0.3, 0.4) is 0 Å². The number of hydrogen-bond acceptors (Lipinski definition) is 3. The van der Waals surface area contributed by atoms with Crippen LogP contribution in [0.5, 0.6) is 0 Å². The Hall–Kier alpha value is -2.17. The van der Waals surface area contributed by atoms with Crippen molar-refractivity contribution in [3.8, 4) is 0 Å². The fraction of sp³-hybridized carbons (Fsp3) is 0.286. The Bertz CT molecular complexity index is 619. The van der Waals surface area contributed by atoms with E-state index >= 15 is 0 Å². The number of aromatic nitrogens is 2.